The van der Waals surface area contributed by atoms with Crippen LogP contribution in [0.2, 0.25) is 10.4 Å². The zero-order valence-corrected chi connectivity index (χ0v) is 11.7. The second-order valence-corrected chi connectivity index (χ2v) is 5.93. The number of anilines is 2. The van der Waals surface area contributed by atoms with Crippen molar-refractivity contribution in [1.82, 2.24) is 9.97 Å². The van der Waals surface area contributed by atoms with Crippen molar-refractivity contribution in [3.63, 3.8) is 0 Å². The first-order chi connectivity index (χ1) is 8.87. The Hall–Kier alpha value is -1.57. The third kappa shape index (κ3) is 3.46. The van der Waals surface area contributed by atoms with Gasteiger partial charge in [-0.3, -0.25) is 4.72 Å². The van der Waals surface area contributed by atoms with Crippen molar-refractivity contribution < 1.29 is 8.42 Å². The van der Waals surface area contributed by atoms with Crippen LogP contribution < -0.4 is 10.5 Å². The summed E-state index contributed by atoms with van der Waals surface area (Å²) in [6, 6.07) is 6.97. The van der Waals surface area contributed by atoms with Gasteiger partial charge < -0.3 is 5.73 Å². The number of nitrogen functional groups attached to an aromatic ring is 1. The molecule has 3 N–H and O–H groups in total. The summed E-state index contributed by atoms with van der Waals surface area (Å²) in [5, 5.41) is -0.113. The zero-order chi connectivity index (χ0) is 14.0. The first-order valence-corrected chi connectivity index (χ1v) is 7.19. The summed E-state index contributed by atoms with van der Waals surface area (Å²) in [7, 11) is -3.78. The summed E-state index contributed by atoms with van der Waals surface area (Å²) >= 11 is 11.2. The van der Waals surface area contributed by atoms with Crippen LogP contribution in [0.1, 0.15) is 0 Å². The largest absolute Gasteiger partial charge is 0.399 e. The van der Waals surface area contributed by atoms with Gasteiger partial charge in [0.2, 0.25) is 5.28 Å². The molecular formula is C10H8Cl2N4O2S. The smallest absolute Gasteiger partial charge is 0.263 e. The summed E-state index contributed by atoms with van der Waals surface area (Å²) in [4.78, 5) is 7.38. The molecule has 0 atom stereocenters. The van der Waals surface area contributed by atoms with E-state index in [1.807, 2.05) is 0 Å². The van der Waals surface area contributed by atoms with Crippen LogP contribution >= 0.6 is 23.2 Å². The van der Waals surface area contributed by atoms with Crippen molar-refractivity contribution in [2.24, 2.45) is 0 Å². The Kier molecular flexibility index (Phi) is 3.79. The maximum absolute atomic E-state index is 12.0. The van der Waals surface area contributed by atoms with Crippen molar-refractivity contribution in [3.05, 3.63) is 40.8 Å². The summed E-state index contributed by atoms with van der Waals surface area (Å²) in [5.74, 6) is -0.0122. The van der Waals surface area contributed by atoms with Crippen LogP contribution in [0.4, 0.5) is 11.5 Å². The molecular weight excluding hydrogens is 311 g/mol. The number of sulfonamides is 1. The number of benzene rings is 1. The highest BCUT2D eigenvalue weighted by Crippen LogP contribution is 2.19. The zero-order valence-electron chi connectivity index (χ0n) is 9.34. The summed E-state index contributed by atoms with van der Waals surface area (Å²) in [6.07, 6.45) is 0. The fraction of sp³-hybridized carbons (Fsp3) is 0. The van der Waals surface area contributed by atoms with Gasteiger partial charge in [-0.15, -0.1) is 0 Å². The van der Waals surface area contributed by atoms with E-state index in [2.05, 4.69) is 14.7 Å². The Morgan fingerprint density at radius 2 is 1.74 bits per heavy atom. The van der Waals surface area contributed by atoms with Crippen molar-refractivity contribution in [1.29, 1.82) is 0 Å². The number of hydrogen-bond donors (Lipinski definition) is 2. The van der Waals surface area contributed by atoms with Crippen LogP contribution in [0.3, 0.4) is 0 Å². The van der Waals surface area contributed by atoms with Crippen molar-refractivity contribution in [2.45, 2.75) is 4.90 Å². The quantitative estimate of drug-likeness (QED) is 0.513. The Balaban J connectivity index is 2.33. The number of aromatic nitrogens is 2. The Morgan fingerprint density at radius 1 is 1.11 bits per heavy atom. The number of nitrogens with two attached hydrogens (primary N) is 1. The topological polar surface area (TPSA) is 98.0 Å². The van der Waals surface area contributed by atoms with Crippen LogP contribution in [0.15, 0.2) is 35.2 Å². The molecule has 2 aromatic rings. The maximum atomic E-state index is 12.0. The minimum absolute atomic E-state index is 0.0122. The number of hydrogen-bond acceptors (Lipinski definition) is 5. The molecule has 9 heteroatoms. The lowest BCUT2D eigenvalue weighted by molar-refractivity contribution is 0.601. The van der Waals surface area contributed by atoms with Gasteiger partial charge in [0.15, 0.2) is 0 Å². The summed E-state index contributed by atoms with van der Waals surface area (Å²) in [5.41, 5.74) is 5.96. The van der Waals surface area contributed by atoms with E-state index in [1.165, 1.54) is 30.3 Å². The Morgan fingerprint density at radius 3 is 2.32 bits per heavy atom. The van der Waals surface area contributed by atoms with Crippen molar-refractivity contribution in [2.75, 3.05) is 10.5 Å². The number of nitrogens with one attached hydrogen (secondary N) is 1. The molecule has 2 rings (SSSR count). The highest BCUT2D eigenvalue weighted by molar-refractivity contribution is 7.92. The highest BCUT2D eigenvalue weighted by atomic mass is 35.5. The average molecular weight is 319 g/mol. The Bertz CT molecular complexity index is 684. The molecule has 0 aliphatic heterocycles. The second kappa shape index (κ2) is 5.20. The fourth-order valence-corrected chi connectivity index (χ4v) is 2.69. The van der Waals surface area contributed by atoms with Crippen molar-refractivity contribution in [3.8, 4) is 0 Å². The number of halogens is 2. The monoisotopic (exact) mass is 318 g/mol. The minimum Gasteiger partial charge on any atom is -0.399 e. The van der Waals surface area contributed by atoms with Gasteiger partial charge in [-0.05, 0) is 35.9 Å². The second-order valence-electron chi connectivity index (χ2n) is 3.52. The van der Waals surface area contributed by atoms with E-state index >= 15 is 0 Å². The van der Waals surface area contributed by atoms with Gasteiger partial charge >= 0.3 is 0 Å². The first kappa shape index (κ1) is 13.9. The van der Waals surface area contributed by atoms with Crippen LogP contribution in [0, 0.1) is 0 Å². The SMILES string of the molecule is Nc1ccc(S(=O)(=O)Nc2cc(Cl)nc(Cl)n2)cc1. The summed E-state index contributed by atoms with van der Waals surface area (Å²) in [6.45, 7) is 0. The Labute approximate surface area is 119 Å². The van der Waals surface area contributed by atoms with Gasteiger partial charge in [0.25, 0.3) is 10.0 Å². The predicted octanol–water partition coefficient (Wildman–Crippen LogP) is 2.17. The van der Waals surface area contributed by atoms with Crippen LogP contribution in [-0.4, -0.2) is 18.4 Å². The molecule has 0 spiro atoms. The lowest BCUT2D eigenvalue weighted by Crippen LogP contribution is -2.14. The van der Waals surface area contributed by atoms with Crippen LogP contribution in [0.5, 0.6) is 0 Å². The third-order valence-corrected chi connectivity index (χ3v) is 3.83. The molecule has 0 amide bonds. The molecule has 0 fully saturated rings. The molecule has 0 saturated heterocycles. The van der Waals surface area contributed by atoms with Gasteiger partial charge in [0, 0.05) is 11.8 Å². The van der Waals surface area contributed by atoms with E-state index in [1.54, 1.807) is 0 Å². The molecule has 19 heavy (non-hydrogen) atoms. The number of rotatable bonds is 3. The van der Waals surface area contributed by atoms with Gasteiger partial charge in [0.05, 0.1) is 4.90 Å². The third-order valence-electron chi connectivity index (χ3n) is 2.10. The highest BCUT2D eigenvalue weighted by Gasteiger charge is 2.15. The van der Waals surface area contributed by atoms with E-state index in [0.717, 1.165) is 0 Å². The molecule has 0 radical (unpaired) electrons. The molecule has 0 aliphatic rings. The predicted molar refractivity (Wildman–Crippen MR) is 73.7 cm³/mol. The number of nitrogens with zero attached hydrogens (tertiary/aromatic N) is 2. The molecule has 6 nitrogen and oxygen atoms in total. The summed E-state index contributed by atoms with van der Waals surface area (Å²) < 4.78 is 26.3. The van der Waals surface area contributed by atoms with Gasteiger partial charge in [0.1, 0.15) is 11.0 Å². The average Bonchev–Trinajstić information content (AvgIpc) is 2.27. The molecule has 1 aromatic carbocycles. The molecule has 1 heterocycles. The molecule has 1 aromatic heterocycles. The van der Waals surface area contributed by atoms with E-state index < -0.39 is 10.0 Å². The standard InChI is InChI=1S/C10H8Cl2N4O2S/c11-8-5-9(15-10(12)14-8)16-19(17,18)7-3-1-6(13)2-4-7/h1-5H,13H2,(H,14,15,16). The molecule has 0 saturated carbocycles. The van der Waals surface area contributed by atoms with E-state index in [0.29, 0.717) is 5.69 Å². The van der Waals surface area contributed by atoms with Gasteiger partial charge in [-0.1, -0.05) is 11.6 Å². The lowest BCUT2D eigenvalue weighted by Gasteiger charge is -2.07. The molecule has 0 unspecified atom stereocenters. The van der Waals surface area contributed by atoms with Crippen LogP contribution in [-0.2, 0) is 10.0 Å². The normalized spacial score (nSPS) is 11.3. The molecule has 0 bridgehead atoms. The maximum Gasteiger partial charge on any atom is 0.263 e. The van der Waals surface area contributed by atoms with E-state index in [4.69, 9.17) is 28.9 Å². The van der Waals surface area contributed by atoms with E-state index in [9.17, 15) is 8.42 Å². The molecule has 100 valence electrons. The lowest BCUT2D eigenvalue weighted by atomic mass is 10.3. The first-order valence-electron chi connectivity index (χ1n) is 4.95. The van der Waals surface area contributed by atoms with E-state index in [-0.39, 0.29) is 21.2 Å². The van der Waals surface area contributed by atoms with Gasteiger partial charge in [-0.2, -0.15) is 4.98 Å². The molecule has 0 aliphatic carbocycles. The minimum atomic E-state index is -3.78. The van der Waals surface area contributed by atoms with Crippen molar-refractivity contribution >= 4 is 44.7 Å². The van der Waals surface area contributed by atoms with Crippen LogP contribution in [0.25, 0.3) is 0 Å². The fourth-order valence-electron chi connectivity index (χ4n) is 1.29. The van der Waals surface area contributed by atoms with Gasteiger partial charge in [-0.25, -0.2) is 13.4 Å².